The van der Waals surface area contributed by atoms with E-state index in [-0.39, 0.29) is 5.92 Å². The third kappa shape index (κ3) is 6.21. The minimum absolute atomic E-state index is 0.265. The van der Waals surface area contributed by atoms with Gasteiger partial charge in [0.1, 0.15) is 0 Å². The number of anilines is 1. The van der Waals surface area contributed by atoms with Crippen molar-refractivity contribution in [3.05, 3.63) is 65.2 Å². The lowest BCUT2D eigenvalue weighted by atomic mass is 9.81. The van der Waals surface area contributed by atoms with Crippen molar-refractivity contribution in [3.8, 4) is 0 Å². The van der Waals surface area contributed by atoms with Crippen LogP contribution in [0.25, 0.3) is 0 Å². The average Bonchev–Trinajstić information content (AvgIpc) is 2.75. The summed E-state index contributed by atoms with van der Waals surface area (Å²) in [5, 5.41) is 12.1. The first kappa shape index (κ1) is 22.1. The molecule has 1 N–H and O–H groups in total. The van der Waals surface area contributed by atoms with Crippen molar-refractivity contribution >= 4 is 17.3 Å². The number of nitrogens with zero attached hydrogens (tertiary/aromatic N) is 2. The molecule has 2 atom stereocenters. The van der Waals surface area contributed by atoms with E-state index in [0.717, 1.165) is 63.4 Å². The van der Waals surface area contributed by atoms with Crippen LogP contribution in [-0.4, -0.2) is 48.3 Å². The minimum atomic E-state index is -0.584. The average molecular weight is 415 g/mol. The molecule has 2 unspecified atom stereocenters. The van der Waals surface area contributed by atoms with Gasteiger partial charge in [0, 0.05) is 43.4 Å². The number of rotatable bonds is 9. The van der Waals surface area contributed by atoms with Gasteiger partial charge in [-0.25, -0.2) is 0 Å². The fraction of sp³-hybridized carbons (Fsp3) is 0.520. The van der Waals surface area contributed by atoms with E-state index in [9.17, 15) is 5.11 Å². The second-order valence-electron chi connectivity index (χ2n) is 8.46. The largest absolute Gasteiger partial charge is 0.390 e. The van der Waals surface area contributed by atoms with E-state index in [4.69, 9.17) is 11.6 Å². The van der Waals surface area contributed by atoms with Crippen LogP contribution in [0.1, 0.15) is 38.7 Å². The molecule has 1 heterocycles. The smallest absolute Gasteiger partial charge is 0.0682 e. The summed E-state index contributed by atoms with van der Waals surface area (Å²) in [6, 6.07) is 18.7. The lowest BCUT2D eigenvalue weighted by molar-refractivity contribution is -0.0366. The Morgan fingerprint density at radius 3 is 2.41 bits per heavy atom. The van der Waals surface area contributed by atoms with Crippen LogP contribution in [0.3, 0.4) is 0 Å². The second kappa shape index (κ2) is 10.5. The van der Waals surface area contributed by atoms with Crippen molar-refractivity contribution in [2.45, 2.75) is 45.1 Å². The predicted molar refractivity (Wildman–Crippen MR) is 124 cm³/mol. The molecule has 3 rings (SSSR count). The summed E-state index contributed by atoms with van der Waals surface area (Å²) >= 11 is 6.14. The van der Waals surface area contributed by atoms with Crippen LogP contribution in [0, 0.1) is 5.92 Å². The van der Waals surface area contributed by atoms with Gasteiger partial charge in [-0.3, -0.25) is 4.90 Å². The summed E-state index contributed by atoms with van der Waals surface area (Å²) in [6.45, 7) is 9.36. The molecule has 2 aromatic rings. The van der Waals surface area contributed by atoms with Gasteiger partial charge in [0.25, 0.3) is 0 Å². The third-order valence-corrected chi connectivity index (χ3v) is 6.76. The molecular weight excluding hydrogens is 380 g/mol. The molecule has 158 valence electrons. The maximum Gasteiger partial charge on any atom is 0.0682 e. The zero-order valence-corrected chi connectivity index (χ0v) is 18.6. The molecule has 2 aromatic carbocycles. The normalized spacial score (nSPS) is 18.4. The molecule has 1 aliphatic rings. The van der Waals surface area contributed by atoms with E-state index < -0.39 is 5.60 Å². The van der Waals surface area contributed by atoms with Crippen LogP contribution in [0.4, 0.5) is 5.69 Å². The van der Waals surface area contributed by atoms with Crippen LogP contribution in [0.2, 0.25) is 5.02 Å². The van der Waals surface area contributed by atoms with E-state index in [0.29, 0.717) is 0 Å². The zero-order chi connectivity index (χ0) is 20.7. The number of piperazine rings is 1. The molecule has 0 amide bonds. The number of hydrogen-bond acceptors (Lipinski definition) is 3. The molecule has 1 fully saturated rings. The Hall–Kier alpha value is -1.55. The molecule has 0 aromatic heterocycles. The van der Waals surface area contributed by atoms with E-state index in [2.05, 4.69) is 60.0 Å². The number of aryl methyl sites for hydroxylation is 1. The highest BCUT2D eigenvalue weighted by atomic mass is 35.5. The monoisotopic (exact) mass is 414 g/mol. The van der Waals surface area contributed by atoms with E-state index >= 15 is 0 Å². The Bertz CT molecular complexity index is 745. The van der Waals surface area contributed by atoms with Gasteiger partial charge >= 0.3 is 0 Å². The molecule has 29 heavy (non-hydrogen) atoms. The molecule has 0 saturated carbocycles. The van der Waals surface area contributed by atoms with Gasteiger partial charge in [-0.2, -0.15) is 0 Å². The maximum absolute atomic E-state index is 11.3. The predicted octanol–water partition coefficient (Wildman–Crippen LogP) is 5.26. The Labute approximate surface area is 181 Å². The third-order valence-electron chi connectivity index (χ3n) is 6.53. The summed E-state index contributed by atoms with van der Waals surface area (Å²) in [5.74, 6) is 0.265. The molecular formula is C25H35ClN2O. The van der Waals surface area contributed by atoms with Crippen LogP contribution in [0.15, 0.2) is 54.6 Å². The number of benzene rings is 2. The van der Waals surface area contributed by atoms with Gasteiger partial charge in [0.05, 0.1) is 5.60 Å². The molecule has 0 radical (unpaired) electrons. The van der Waals surface area contributed by atoms with Crippen LogP contribution < -0.4 is 4.90 Å². The topological polar surface area (TPSA) is 26.7 Å². The van der Waals surface area contributed by atoms with Gasteiger partial charge < -0.3 is 10.0 Å². The first-order valence-electron chi connectivity index (χ1n) is 11.0. The molecule has 4 heteroatoms. The summed E-state index contributed by atoms with van der Waals surface area (Å²) < 4.78 is 0. The minimum Gasteiger partial charge on any atom is -0.390 e. The van der Waals surface area contributed by atoms with Gasteiger partial charge in [-0.1, -0.05) is 61.8 Å². The summed E-state index contributed by atoms with van der Waals surface area (Å²) in [6.07, 6.45) is 3.74. The molecule has 0 bridgehead atoms. The van der Waals surface area contributed by atoms with Crippen molar-refractivity contribution < 1.29 is 5.11 Å². The first-order valence-corrected chi connectivity index (χ1v) is 11.4. The fourth-order valence-corrected chi connectivity index (χ4v) is 4.62. The highest BCUT2D eigenvalue weighted by molar-refractivity contribution is 6.30. The summed E-state index contributed by atoms with van der Waals surface area (Å²) in [7, 11) is 0. The van der Waals surface area contributed by atoms with Crippen LogP contribution in [-0.2, 0) is 6.42 Å². The maximum atomic E-state index is 11.3. The van der Waals surface area contributed by atoms with Gasteiger partial charge in [-0.15, -0.1) is 0 Å². The second-order valence-corrected chi connectivity index (χ2v) is 8.90. The SMILES string of the molecule is CCC(O)(CCCc1ccccc1)C(C)CN1CCN(c2cccc(Cl)c2)CC1. The Morgan fingerprint density at radius 1 is 1.03 bits per heavy atom. The van der Waals surface area contributed by atoms with E-state index in [1.807, 2.05) is 18.2 Å². The Morgan fingerprint density at radius 2 is 1.76 bits per heavy atom. The zero-order valence-electron chi connectivity index (χ0n) is 17.9. The first-order chi connectivity index (χ1) is 14.0. The number of hydrogen-bond donors (Lipinski definition) is 1. The molecule has 3 nitrogen and oxygen atoms in total. The van der Waals surface area contributed by atoms with Crippen LogP contribution >= 0.6 is 11.6 Å². The fourth-order valence-electron chi connectivity index (χ4n) is 4.43. The van der Waals surface area contributed by atoms with Crippen molar-refractivity contribution in [2.75, 3.05) is 37.6 Å². The molecule has 0 aliphatic carbocycles. The van der Waals surface area contributed by atoms with Crippen molar-refractivity contribution in [1.29, 1.82) is 0 Å². The highest BCUT2D eigenvalue weighted by Gasteiger charge is 2.33. The van der Waals surface area contributed by atoms with Gasteiger partial charge in [0.15, 0.2) is 0 Å². The summed E-state index contributed by atoms with van der Waals surface area (Å²) in [4.78, 5) is 4.91. The molecule has 1 aliphatic heterocycles. The highest BCUT2D eigenvalue weighted by Crippen LogP contribution is 2.29. The quantitative estimate of drug-likeness (QED) is 0.606. The van der Waals surface area contributed by atoms with Crippen molar-refractivity contribution in [1.82, 2.24) is 4.90 Å². The van der Waals surface area contributed by atoms with Crippen LogP contribution in [0.5, 0.6) is 0 Å². The lowest BCUT2D eigenvalue weighted by Gasteiger charge is -2.41. The van der Waals surface area contributed by atoms with Gasteiger partial charge in [-0.05, 0) is 55.4 Å². The van der Waals surface area contributed by atoms with Crippen molar-refractivity contribution in [2.24, 2.45) is 5.92 Å². The van der Waals surface area contributed by atoms with Gasteiger partial charge in [0.2, 0.25) is 0 Å². The lowest BCUT2D eigenvalue weighted by Crippen LogP contribution is -2.50. The van der Waals surface area contributed by atoms with E-state index in [1.165, 1.54) is 11.3 Å². The molecule has 1 saturated heterocycles. The van der Waals surface area contributed by atoms with E-state index in [1.54, 1.807) is 0 Å². The summed E-state index contributed by atoms with van der Waals surface area (Å²) in [5.41, 5.74) is 1.98. The number of aliphatic hydroxyl groups is 1. The standard InChI is InChI=1S/C25H35ClN2O/c1-3-25(29,14-8-11-22-9-5-4-6-10-22)21(2)20-27-15-17-28(18-16-27)24-13-7-12-23(26)19-24/h4-7,9-10,12-13,19,21,29H,3,8,11,14-18,20H2,1-2H3. The van der Waals surface area contributed by atoms with Crippen molar-refractivity contribution in [3.63, 3.8) is 0 Å². The number of halogens is 1. The Kier molecular flexibility index (Phi) is 7.99. The molecule has 0 spiro atoms. The Balaban J connectivity index is 1.47.